The molecule has 1 unspecified atom stereocenters. The van der Waals surface area contributed by atoms with Crippen molar-refractivity contribution in [3.8, 4) is 6.07 Å². The SMILES string of the molecule is CC(C)N(C(=O)/C(C#N)=C\C1CCOC1)c1ccc2[nH]c(=S)sc2c1. The number of aromatic nitrogens is 1. The van der Waals surface area contributed by atoms with Crippen molar-refractivity contribution in [3.63, 3.8) is 0 Å². The summed E-state index contributed by atoms with van der Waals surface area (Å²) in [5, 5.41) is 9.49. The molecule has 0 bridgehead atoms. The molecule has 1 fully saturated rings. The number of hydrogen-bond donors (Lipinski definition) is 1. The largest absolute Gasteiger partial charge is 0.381 e. The number of benzene rings is 1. The molecule has 2 heterocycles. The van der Waals surface area contributed by atoms with Crippen molar-refractivity contribution in [1.29, 1.82) is 5.26 Å². The number of nitrogens with one attached hydrogen (secondary N) is 1. The van der Waals surface area contributed by atoms with Gasteiger partial charge in [-0.3, -0.25) is 4.79 Å². The monoisotopic (exact) mass is 373 g/mol. The molecule has 0 radical (unpaired) electrons. The lowest BCUT2D eigenvalue weighted by Gasteiger charge is -2.27. The molecule has 1 saturated heterocycles. The minimum Gasteiger partial charge on any atom is -0.381 e. The van der Waals surface area contributed by atoms with Crippen molar-refractivity contribution < 1.29 is 9.53 Å². The van der Waals surface area contributed by atoms with Crippen LogP contribution in [0, 0.1) is 21.2 Å². The standard InChI is InChI=1S/C18H19N3O2S2/c1-11(2)21(14-3-4-15-16(8-14)25-18(24)20-15)17(22)13(9-19)7-12-5-6-23-10-12/h3-4,7-8,11-12H,5-6,10H2,1-2H3,(H,20,24)/b13-7-. The molecule has 0 aliphatic carbocycles. The van der Waals surface area contributed by atoms with Gasteiger partial charge in [0.1, 0.15) is 11.6 Å². The Morgan fingerprint density at radius 1 is 1.56 bits per heavy atom. The molecule has 5 nitrogen and oxygen atoms in total. The number of H-pyrrole nitrogens is 1. The Labute approximate surface area is 155 Å². The quantitative estimate of drug-likeness (QED) is 0.496. The fraction of sp³-hybridized carbons (Fsp3) is 0.389. The number of aromatic amines is 1. The summed E-state index contributed by atoms with van der Waals surface area (Å²) in [5.41, 5.74) is 1.89. The van der Waals surface area contributed by atoms with Crippen LogP contribution in [0.4, 0.5) is 5.69 Å². The molecule has 1 aliphatic heterocycles. The highest BCUT2D eigenvalue weighted by molar-refractivity contribution is 7.73. The Morgan fingerprint density at radius 3 is 3.00 bits per heavy atom. The van der Waals surface area contributed by atoms with Gasteiger partial charge < -0.3 is 14.6 Å². The van der Waals surface area contributed by atoms with Crippen LogP contribution in [0.15, 0.2) is 29.8 Å². The van der Waals surface area contributed by atoms with Crippen molar-refractivity contribution in [2.75, 3.05) is 18.1 Å². The second-order valence-electron chi connectivity index (χ2n) is 6.28. The zero-order valence-corrected chi connectivity index (χ0v) is 15.7. The summed E-state index contributed by atoms with van der Waals surface area (Å²) in [6.07, 6.45) is 2.60. The third-order valence-electron chi connectivity index (χ3n) is 4.14. The lowest BCUT2D eigenvalue weighted by molar-refractivity contribution is -0.115. The van der Waals surface area contributed by atoms with E-state index in [1.165, 1.54) is 11.3 Å². The summed E-state index contributed by atoms with van der Waals surface area (Å²) >= 11 is 6.66. The maximum absolute atomic E-state index is 13.0. The van der Waals surface area contributed by atoms with Crippen molar-refractivity contribution in [1.82, 2.24) is 4.98 Å². The predicted molar refractivity (Wildman–Crippen MR) is 102 cm³/mol. The molecule has 0 saturated carbocycles. The van der Waals surface area contributed by atoms with E-state index < -0.39 is 0 Å². The molecule has 7 heteroatoms. The van der Waals surface area contributed by atoms with Crippen LogP contribution in [-0.2, 0) is 9.53 Å². The molecule has 2 aromatic rings. The summed E-state index contributed by atoms with van der Waals surface area (Å²) in [7, 11) is 0. The van der Waals surface area contributed by atoms with Crippen LogP contribution in [0.2, 0.25) is 0 Å². The smallest absolute Gasteiger partial charge is 0.268 e. The topological polar surface area (TPSA) is 69.1 Å². The first-order valence-electron chi connectivity index (χ1n) is 8.15. The molecular formula is C18H19N3O2S2. The van der Waals surface area contributed by atoms with Crippen LogP contribution in [0.1, 0.15) is 20.3 Å². The zero-order chi connectivity index (χ0) is 18.0. The highest BCUT2D eigenvalue weighted by atomic mass is 32.1. The maximum Gasteiger partial charge on any atom is 0.268 e. The Kier molecular flexibility index (Phi) is 5.33. The first kappa shape index (κ1) is 17.8. The van der Waals surface area contributed by atoms with Crippen molar-refractivity contribution >= 4 is 45.4 Å². The van der Waals surface area contributed by atoms with Gasteiger partial charge in [-0.05, 0) is 50.7 Å². The minimum atomic E-state index is -0.275. The molecule has 1 atom stereocenters. The number of amides is 1. The Bertz CT molecular complexity index is 914. The number of anilines is 1. The van der Waals surface area contributed by atoms with Crippen LogP contribution in [0.25, 0.3) is 10.2 Å². The van der Waals surface area contributed by atoms with Crippen LogP contribution in [-0.4, -0.2) is 30.1 Å². The van der Waals surface area contributed by atoms with Crippen LogP contribution >= 0.6 is 23.6 Å². The fourth-order valence-corrected chi connectivity index (χ4v) is 4.09. The van der Waals surface area contributed by atoms with E-state index >= 15 is 0 Å². The van der Waals surface area contributed by atoms with Gasteiger partial charge in [0.2, 0.25) is 0 Å². The summed E-state index contributed by atoms with van der Waals surface area (Å²) in [6.45, 7) is 5.12. The highest BCUT2D eigenvalue weighted by Crippen LogP contribution is 2.28. The van der Waals surface area contributed by atoms with Gasteiger partial charge in [0.05, 0.1) is 16.8 Å². The number of ether oxygens (including phenoxy) is 1. The first-order chi connectivity index (χ1) is 12.0. The third-order valence-corrected chi connectivity index (χ3v) is 5.33. The Morgan fingerprint density at radius 2 is 2.36 bits per heavy atom. The Hall–Kier alpha value is -2.01. The van der Waals surface area contributed by atoms with Crippen molar-refractivity contribution in [2.45, 2.75) is 26.3 Å². The van der Waals surface area contributed by atoms with Crippen LogP contribution in [0.3, 0.4) is 0 Å². The van der Waals surface area contributed by atoms with Gasteiger partial charge in [-0.2, -0.15) is 5.26 Å². The summed E-state index contributed by atoms with van der Waals surface area (Å²) < 4.78 is 7.03. The highest BCUT2D eigenvalue weighted by Gasteiger charge is 2.25. The van der Waals surface area contributed by atoms with E-state index in [-0.39, 0.29) is 23.4 Å². The lowest BCUT2D eigenvalue weighted by Crippen LogP contribution is -2.38. The summed E-state index contributed by atoms with van der Waals surface area (Å²) in [5.74, 6) is -0.146. The summed E-state index contributed by atoms with van der Waals surface area (Å²) in [4.78, 5) is 17.8. The zero-order valence-electron chi connectivity index (χ0n) is 14.1. The van der Waals surface area contributed by atoms with E-state index in [2.05, 4.69) is 11.1 Å². The van der Waals surface area contributed by atoms with Crippen molar-refractivity contribution in [2.24, 2.45) is 5.92 Å². The number of nitriles is 1. The molecule has 1 aromatic heterocycles. The van der Waals surface area contributed by atoms with Crippen LogP contribution < -0.4 is 4.90 Å². The average molecular weight is 374 g/mol. The number of fused-ring (bicyclic) bond motifs is 1. The van der Waals surface area contributed by atoms with Gasteiger partial charge in [0.15, 0.2) is 3.95 Å². The number of carbonyl (C=O) groups is 1. The lowest BCUT2D eigenvalue weighted by atomic mass is 10.0. The number of rotatable bonds is 4. The number of carbonyl (C=O) groups excluding carboxylic acids is 1. The molecule has 25 heavy (non-hydrogen) atoms. The van der Waals surface area contributed by atoms with E-state index in [9.17, 15) is 10.1 Å². The normalized spacial score (nSPS) is 17.8. The predicted octanol–water partition coefficient (Wildman–Crippen LogP) is 4.19. The minimum absolute atomic E-state index is 0.0755. The van der Waals surface area contributed by atoms with Crippen molar-refractivity contribution in [3.05, 3.63) is 33.8 Å². The molecule has 1 aromatic carbocycles. The van der Waals surface area contributed by atoms with Gasteiger partial charge in [0, 0.05) is 24.3 Å². The van der Waals surface area contributed by atoms with Gasteiger partial charge in [-0.15, -0.1) is 11.3 Å². The van der Waals surface area contributed by atoms with Gasteiger partial charge in [0.25, 0.3) is 5.91 Å². The van der Waals surface area contributed by atoms with E-state index in [1.807, 2.05) is 32.0 Å². The number of thiazole rings is 1. The molecule has 3 rings (SSSR count). The molecule has 1 N–H and O–H groups in total. The molecule has 1 amide bonds. The Balaban J connectivity index is 1.97. The second kappa shape index (κ2) is 7.48. The molecule has 1 aliphatic rings. The molecular weight excluding hydrogens is 354 g/mol. The van der Waals surface area contributed by atoms with E-state index in [0.717, 1.165) is 22.3 Å². The van der Waals surface area contributed by atoms with E-state index in [0.29, 0.717) is 17.2 Å². The van der Waals surface area contributed by atoms with E-state index in [1.54, 1.807) is 11.0 Å². The van der Waals surface area contributed by atoms with Gasteiger partial charge >= 0.3 is 0 Å². The van der Waals surface area contributed by atoms with E-state index in [4.69, 9.17) is 17.0 Å². The van der Waals surface area contributed by atoms with Crippen LogP contribution in [0.5, 0.6) is 0 Å². The number of nitrogens with zero attached hydrogens (tertiary/aromatic N) is 2. The van der Waals surface area contributed by atoms with Gasteiger partial charge in [-0.25, -0.2) is 0 Å². The maximum atomic E-state index is 13.0. The third kappa shape index (κ3) is 3.82. The molecule has 0 spiro atoms. The summed E-state index contributed by atoms with van der Waals surface area (Å²) in [6, 6.07) is 7.73. The molecule has 130 valence electrons. The fourth-order valence-electron chi connectivity index (χ4n) is 2.94. The van der Waals surface area contributed by atoms with Gasteiger partial charge in [-0.1, -0.05) is 6.08 Å². The average Bonchev–Trinajstić information content (AvgIpc) is 3.20. The first-order valence-corrected chi connectivity index (χ1v) is 9.38. The second-order valence-corrected chi connectivity index (χ2v) is 8.00. The number of hydrogen-bond acceptors (Lipinski definition) is 5.